The summed E-state index contributed by atoms with van der Waals surface area (Å²) in [6, 6.07) is 6.73. The number of aromatic nitrogens is 2. The van der Waals surface area contributed by atoms with E-state index in [1.54, 1.807) is 0 Å². The van der Waals surface area contributed by atoms with Crippen LogP contribution in [0.4, 0.5) is 5.69 Å². The van der Waals surface area contributed by atoms with Crippen LogP contribution in [0.3, 0.4) is 0 Å². The first-order chi connectivity index (χ1) is 16.7. The van der Waals surface area contributed by atoms with Crippen LogP contribution in [-0.2, 0) is 7.05 Å². The third-order valence-corrected chi connectivity index (χ3v) is 8.13. The van der Waals surface area contributed by atoms with Crippen LogP contribution in [0.15, 0.2) is 18.2 Å². The van der Waals surface area contributed by atoms with E-state index in [-0.39, 0.29) is 11.9 Å². The maximum absolute atomic E-state index is 13.2. The highest BCUT2D eigenvalue weighted by Gasteiger charge is 2.24. The second kappa shape index (κ2) is 11.1. The van der Waals surface area contributed by atoms with E-state index in [0.717, 1.165) is 56.5 Å². The van der Waals surface area contributed by atoms with E-state index in [2.05, 4.69) is 43.3 Å². The molecule has 34 heavy (non-hydrogen) atoms. The lowest BCUT2D eigenvalue weighted by Crippen LogP contribution is -2.47. The van der Waals surface area contributed by atoms with E-state index in [1.165, 1.54) is 70.3 Å². The monoisotopic (exact) mass is 466 g/mol. The Hall–Kier alpha value is -2.12. The van der Waals surface area contributed by atoms with Gasteiger partial charge in [0, 0.05) is 63.4 Å². The average molecular weight is 467 g/mol. The van der Waals surface area contributed by atoms with Crippen LogP contribution in [0.25, 0.3) is 10.9 Å². The number of likely N-dealkylation sites (tertiary alicyclic amines) is 2. The van der Waals surface area contributed by atoms with Crippen molar-refractivity contribution >= 4 is 22.5 Å². The fourth-order valence-electron chi connectivity index (χ4n) is 5.96. The predicted octanol–water partition coefficient (Wildman–Crippen LogP) is 3.63. The summed E-state index contributed by atoms with van der Waals surface area (Å²) in [5.41, 5.74) is 2.85. The molecule has 0 radical (unpaired) electrons. The summed E-state index contributed by atoms with van der Waals surface area (Å²) in [7, 11) is 1.95. The number of carbonyl (C=O) groups is 1. The fourth-order valence-corrected chi connectivity index (χ4v) is 5.96. The van der Waals surface area contributed by atoms with Crippen LogP contribution in [-0.4, -0.2) is 83.9 Å². The van der Waals surface area contributed by atoms with Crippen LogP contribution in [0.2, 0.25) is 0 Å². The number of rotatable bonds is 6. The SMILES string of the molecule is Cn1nc(C(=O)NC2CCN(CCN3CCCCC3)CC2)c2ccc(N3CCCCCC3)cc21. The van der Waals surface area contributed by atoms with Crippen LogP contribution in [0.5, 0.6) is 0 Å². The molecule has 0 bridgehead atoms. The van der Waals surface area contributed by atoms with Gasteiger partial charge in [-0.05, 0) is 69.8 Å². The molecule has 1 amide bonds. The normalized spacial score (nSPS) is 21.6. The Morgan fingerprint density at radius 2 is 1.50 bits per heavy atom. The largest absolute Gasteiger partial charge is 0.371 e. The van der Waals surface area contributed by atoms with Crippen molar-refractivity contribution in [2.75, 3.05) is 57.3 Å². The molecular weight excluding hydrogens is 424 g/mol. The summed E-state index contributed by atoms with van der Waals surface area (Å²) in [6.45, 7) is 9.26. The number of nitrogens with zero attached hydrogens (tertiary/aromatic N) is 5. The number of anilines is 1. The molecule has 0 spiro atoms. The molecule has 1 aromatic carbocycles. The molecule has 3 fully saturated rings. The number of nitrogens with one attached hydrogen (secondary N) is 1. The highest BCUT2D eigenvalue weighted by atomic mass is 16.2. The van der Waals surface area contributed by atoms with E-state index < -0.39 is 0 Å². The van der Waals surface area contributed by atoms with Crippen molar-refractivity contribution in [3.63, 3.8) is 0 Å². The Labute approximate surface area is 204 Å². The quantitative estimate of drug-likeness (QED) is 0.705. The minimum absolute atomic E-state index is 0.0279. The van der Waals surface area contributed by atoms with Gasteiger partial charge in [-0.1, -0.05) is 19.3 Å². The smallest absolute Gasteiger partial charge is 0.272 e. The van der Waals surface area contributed by atoms with Crippen molar-refractivity contribution in [3.8, 4) is 0 Å². The van der Waals surface area contributed by atoms with Gasteiger partial charge < -0.3 is 20.0 Å². The lowest BCUT2D eigenvalue weighted by Gasteiger charge is -2.34. The Balaban J connectivity index is 1.16. The van der Waals surface area contributed by atoms with Gasteiger partial charge >= 0.3 is 0 Å². The summed E-state index contributed by atoms with van der Waals surface area (Å²) in [4.78, 5) is 20.8. The van der Waals surface area contributed by atoms with Crippen LogP contribution >= 0.6 is 0 Å². The number of fused-ring (bicyclic) bond motifs is 1. The molecule has 7 heteroatoms. The number of carbonyl (C=O) groups excluding carboxylic acids is 1. The average Bonchev–Trinajstić information content (AvgIpc) is 3.03. The summed E-state index contributed by atoms with van der Waals surface area (Å²) < 4.78 is 1.87. The van der Waals surface area contributed by atoms with Crippen molar-refractivity contribution < 1.29 is 4.79 Å². The van der Waals surface area contributed by atoms with Crippen molar-refractivity contribution in [2.24, 2.45) is 7.05 Å². The molecule has 3 aliphatic rings. The fraction of sp³-hybridized carbons (Fsp3) is 0.704. The maximum Gasteiger partial charge on any atom is 0.272 e. The van der Waals surface area contributed by atoms with E-state index >= 15 is 0 Å². The number of hydrogen-bond acceptors (Lipinski definition) is 5. The van der Waals surface area contributed by atoms with Crippen molar-refractivity contribution in [1.29, 1.82) is 0 Å². The number of hydrogen-bond donors (Lipinski definition) is 1. The van der Waals surface area contributed by atoms with E-state index in [9.17, 15) is 4.79 Å². The van der Waals surface area contributed by atoms with Crippen LogP contribution in [0, 0.1) is 0 Å². The third kappa shape index (κ3) is 5.57. The molecular formula is C27H42N6O. The zero-order valence-corrected chi connectivity index (χ0v) is 21.0. The second-order valence-electron chi connectivity index (χ2n) is 10.6. The van der Waals surface area contributed by atoms with Crippen LogP contribution in [0.1, 0.15) is 68.3 Å². The van der Waals surface area contributed by atoms with E-state index in [4.69, 9.17) is 0 Å². The summed E-state index contributed by atoms with van der Waals surface area (Å²) >= 11 is 0. The minimum Gasteiger partial charge on any atom is -0.371 e. The van der Waals surface area contributed by atoms with Gasteiger partial charge in [0.15, 0.2) is 5.69 Å². The topological polar surface area (TPSA) is 56.6 Å². The first kappa shape index (κ1) is 23.6. The molecule has 1 aromatic heterocycles. The lowest BCUT2D eigenvalue weighted by atomic mass is 10.0. The highest BCUT2D eigenvalue weighted by molar-refractivity contribution is 6.05. The van der Waals surface area contributed by atoms with Gasteiger partial charge in [-0.3, -0.25) is 9.48 Å². The van der Waals surface area contributed by atoms with Gasteiger partial charge in [0.2, 0.25) is 0 Å². The van der Waals surface area contributed by atoms with E-state index in [0.29, 0.717) is 5.69 Å². The molecule has 0 atom stereocenters. The van der Waals surface area contributed by atoms with Crippen molar-refractivity contribution in [3.05, 3.63) is 23.9 Å². The lowest BCUT2D eigenvalue weighted by molar-refractivity contribution is 0.0901. The Kier molecular flexibility index (Phi) is 7.70. The van der Waals surface area contributed by atoms with Gasteiger partial charge in [-0.2, -0.15) is 5.10 Å². The maximum atomic E-state index is 13.2. The summed E-state index contributed by atoms with van der Waals surface area (Å²) in [6.07, 6.45) is 11.3. The van der Waals surface area contributed by atoms with Gasteiger partial charge in [-0.15, -0.1) is 0 Å². The molecule has 4 heterocycles. The minimum atomic E-state index is -0.0279. The van der Waals surface area contributed by atoms with Gasteiger partial charge in [0.1, 0.15) is 0 Å². The summed E-state index contributed by atoms with van der Waals surface area (Å²) in [5.74, 6) is -0.0279. The first-order valence-electron chi connectivity index (χ1n) is 13.6. The molecule has 1 N–H and O–H groups in total. The molecule has 3 saturated heterocycles. The van der Waals surface area contributed by atoms with Gasteiger partial charge in [-0.25, -0.2) is 0 Å². The molecule has 7 nitrogen and oxygen atoms in total. The van der Waals surface area contributed by atoms with Crippen molar-refractivity contribution in [1.82, 2.24) is 24.9 Å². The Morgan fingerprint density at radius 1 is 0.882 bits per heavy atom. The third-order valence-electron chi connectivity index (χ3n) is 8.13. The number of benzene rings is 1. The van der Waals surface area contributed by atoms with Crippen molar-refractivity contribution in [2.45, 2.75) is 63.8 Å². The zero-order chi connectivity index (χ0) is 23.3. The number of piperidine rings is 2. The second-order valence-corrected chi connectivity index (χ2v) is 10.6. The zero-order valence-electron chi connectivity index (χ0n) is 21.0. The van der Waals surface area contributed by atoms with Gasteiger partial charge in [0.25, 0.3) is 5.91 Å². The molecule has 0 aliphatic carbocycles. The van der Waals surface area contributed by atoms with Gasteiger partial charge in [0.05, 0.1) is 5.52 Å². The first-order valence-corrected chi connectivity index (χ1v) is 13.6. The van der Waals surface area contributed by atoms with E-state index in [1.807, 2.05) is 11.7 Å². The molecule has 3 aliphatic heterocycles. The van der Waals surface area contributed by atoms with Crippen LogP contribution < -0.4 is 10.2 Å². The molecule has 0 unspecified atom stereocenters. The summed E-state index contributed by atoms with van der Waals surface area (Å²) in [5, 5.41) is 8.87. The molecule has 5 rings (SSSR count). The Morgan fingerprint density at radius 3 is 2.21 bits per heavy atom. The Bertz CT molecular complexity index is 949. The standard InChI is InChI=1S/C27H42N6O/c1-30-25-21-23(33-15-7-2-3-8-16-33)9-10-24(25)26(29-30)27(34)28-22-11-17-32(18-12-22)20-19-31-13-5-4-6-14-31/h9-10,21-22H,2-8,11-20H2,1H3,(H,28,34). The number of amides is 1. The highest BCUT2D eigenvalue weighted by Crippen LogP contribution is 2.26. The predicted molar refractivity (Wildman–Crippen MR) is 139 cm³/mol. The molecule has 186 valence electrons. The number of aryl methyl sites for hydroxylation is 1. The molecule has 2 aromatic rings. The molecule has 0 saturated carbocycles.